The van der Waals surface area contributed by atoms with E-state index < -0.39 is 12.3 Å². The van der Waals surface area contributed by atoms with Crippen LogP contribution in [0.1, 0.15) is 23.2 Å². The summed E-state index contributed by atoms with van der Waals surface area (Å²) in [5.41, 5.74) is 5.60. The molecule has 1 amide bonds. The molecular weight excluding hydrogens is 356 g/mol. The van der Waals surface area contributed by atoms with Crippen molar-refractivity contribution in [3.8, 4) is 0 Å². The number of fused-ring (bicyclic) bond motifs is 1. The molecule has 0 unspecified atom stereocenters. The predicted octanol–water partition coefficient (Wildman–Crippen LogP) is 3.69. The maximum atomic E-state index is 13.4. The van der Waals surface area contributed by atoms with E-state index in [0.29, 0.717) is 11.4 Å². The molecule has 1 aromatic carbocycles. The third-order valence-corrected chi connectivity index (χ3v) is 4.27. The Morgan fingerprint density at radius 1 is 1.26 bits per heavy atom. The highest BCUT2D eigenvalue weighted by atomic mass is 19.3. The fourth-order valence-corrected chi connectivity index (χ4v) is 2.82. The summed E-state index contributed by atoms with van der Waals surface area (Å²) in [7, 11) is 1.50. The molecule has 140 valence electrons. The van der Waals surface area contributed by atoms with E-state index in [0.717, 1.165) is 28.8 Å². The van der Waals surface area contributed by atoms with Crippen LogP contribution in [0, 0.1) is 0 Å². The van der Waals surface area contributed by atoms with Crippen LogP contribution >= 0.6 is 0 Å². The van der Waals surface area contributed by atoms with Gasteiger partial charge in [0.2, 0.25) is 0 Å². The van der Waals surface area contributed by atoms with Crippen LogP contribution in [-0.2, 0) is 4.84 Å². The van der Waals surface area contributed by atoms with Gasteiger partial charge in [-0.1, -0.05) is 0 Å². The number of rotatable bonds is 5. The maximum Gasteiger partial charge on any atom is 0.280 e. The molecule has 0 atom stereocenters. The van der Waals surface area contributed by atoms with Crippen LogP contribution < -0.4 is 16.1 Å². The highest BCUT2D eigenvalue weighted by molar-refractivity contribution is 6.08. The number of carbonyl (C=O) groups excluding carboxylic acids is 1. The SMILES string of the molecule is CONc1ccc(NC(=O)c2cnn3c2NC(=C2CC2)C=C3C(F)F)cc1. The molecule has 4 rings (SSSR count). The van der Waals surface area contributed by atoms with Crippen molar-refractivity contribution in [1.82, 2.24) is 9.78 Å². The van der Waals surface area contributed by atoms with Crippen molar-refractivity contribution in [2.45, 2.75) is 19.3 Å². The van der Waals surface area contributed by atoms with Gasteiger partial charge < -0.3 is 10.6 Å². The molecule has 2 heterocycles. The Kier molecular flexibility index (Phi) is 4.36. The molecule has 27 heavy (non-hydrogen) atoms. The van der Waals surface area contributed by atoms with Gasteiger partial charge in [0.25, 0.3) is 12.3 Å². The van der Waals surface area contributed by atoms with E-state index >= 15 is 0 Å². The van der Waals surface area contributed by atoms with E-state index in [1.807, 2.05) is 0 Å². The zero-order valence-corrected chi connectivity index (χ0v) is 14.4. The zero-order chi connectivity index (χ0) is 19.0. The maximum absolute atomic E-state index is 13.4. The quantitative estimate of drug-likeness (QED) is 0.697. The molecule has 0 radical (unpaired) electrons. The van der Waals surface area contributed by atoms with E-state index in [9.17, 15) is 13.6 Å². The molecule has 1 aliphatic heterocycles. The number of carbonyl (C=O) groups is 1. The van der Waals surface area contributed by atoms with Crippen LogP contribution in [0.3, 0.4) is 0 Å². The first-order valence-corrected chi connectivity index (χ1v) is 8.34. The number of nitrogens with one attached hydrogen (secondary N) is 3. The van der Waals surface area contributed by atoms with Crippen molar-refractivity contribution in [3.05, 3.63) is 53.4 Å². The summed E-state index contributed by atoms with van der Waals surface area (Å²) >= 11 is 0. The molecular formula is C18H17F2N5O2. The first kappa shape index (κ1) is 17.2. The van der Waals surface area contributed by atoms with Gasteiger partial charge in [0, 0.05) is 11.4 Å². The smallest absolute Gasteiger partial charge is 0.280 e. The summed E-state index contributed by atoms with van der Waals surface area (Å²) in [4.78, 5) is 17.5. The Labute approximate surface area is 153 Å². The number of hydrogen-bond donors (Lipinski definition) is 3. The average Bonchev–Trinajstić information content (AvgIpc) is 3.41. The van der Waals surface area contributed by atoms with Crippen molar-refractivity contribution < 1.29 is 18.4 Å². The Hall–Kier alpha value is -3.20. The summed E-state index contributed by atoms with van der Waals surface area (Å²) in [5, 5.41) is 9.78. The van der Waals surface area contributed by atoms with Crippen molar-refractivity contribution in [2.24, 2.45) is 0 Å². The van der Waals surface area contributed by atoms with E-state index in [2.05, 4.69) is 21.2 Å². The minimum absolute atomic E-state index is 0.194. The van der Waals surface area contributed by atoms with Gasteiger partial charge in [0.1, 0.15) is 17.1 Å². The number of benzene rings is 1. The topological polar surface area (TPSA) is 80.2 Å². The van der Waals surface area contributed by atoms with Crippen molar-refractivity contribution in [1.29, 1.82) is 0 Å². The Bertz CT molecular complexity index is 941. The van der Waals surface area contributed by atoms with E-state index in [4.69, 9.17) is 4.84 Å². The van der Waals surface area contributed by atoms with Crippen LogP contribution in [0.4, 0.5) is 26.0 Å². The van der Waals surface area contributed by atoms with Crippen molar-refractivity contribution in [2.75, 3.05) is 23.2 Å². The third-order valence-electron chi connectivity index (χ3n) is 4.27. The number of hydrogen-bond acceptors (Lipinski definition) is 5. The predicted molar refractivity (Wildman–Crippen MR) is 97.4 cm³/mol. The van der Waals surface area contributed by atoms with Crippen molar-refractivity contribution >= 4 is 28.8 Å². The lowest BCUT2D eigenvalue weighted by atomic mass is 10.2. The third kappa shape index (κ3) is 3.41. The second-order valence-electron chi connectivity index (χ2n) is 6.17. The molecule has 1 saturated carbocycles. The summed E-state index contributed by atoms with van der Waals surface area (Å²) in [6, 6.07) is 6.87. The van der Waals surface area contributed by atoms with Crippen LogP contribution in [-0.4, -0.2) is 29.2 Å². The summed E-state index contributed by atoms with van der Waals surface area (Å²) in [5.74, 6) is -0.191. The minimum Gasteiger partial charge on any atom is -0.339 e. The van der Waals surface area contributed by atoms with Gasteiger partial charge in [-0.25, -0.2) is 13.5 Å². The van der Waals surface area contributed by atoms with Crippen LogP contribution in [0.25, 0.3) is 5.70 Å². The van der Waals surface area contributed by atoms with Gasteiger partial charge in [-0.2, -0.15) is 5.10 Å². The Morgan fingerprint density at radius 3 is 2.59 bits per heavy atom. The molecule has 1 fully saturated rings. The van der Waals surface area contributed by atoms with Crippen LogP contribution in [0.5, 0.6) is 0 Å². The van der Waals surface area contributed by atoms with Gasteiger partial charge in [0.05, 0.1) is 19.0 Å². The fourth-order valence-electron chi connectivity index (χ4n) is 2.82. The lowest BCUT2D eigenvalue weighted by Crippen LogP contribution is -2.20. The molecule has 2 aromatic rings. The number of amides is 1. The first-order chi connectivity index (χ1) is 13.1. The van der Waals surface area contributed by atoms with Crippen LogP contribution in [0.2, 0.25) is 0 Å². The second-order valence-corrected chi connectivity index (χ2v) is 6.17. The van der Waals surface area contributed by atoms with Gasteiger partial charge >= 0.3 is 0 Å². The second kappa shape index (κ2) is 6.84. The molecule has 9 heteroatoms. The number of nitrogens with zero attached hydrogens (tertiary/aromatic N) is 2. The molecule has 1 aliphatic carbocycles. The fraction of sp³-hybridized carbons (Fsp3) is 0.222. The van der Waals surface area contributed by atoms with Gasteiger partial charge in [0.15, 0.2) is 0 Å². The highest BCUT2D eigenvalue weighted by Gasteiger charge is 2.30. The molecule has 0 saturated heterocycles. The Morgan fingerprint density at radius 2 is 1.96 bits per heavy atom. The summed E-state index contributed by atoms with van der Waals surface area (Å²) in [6.45, 7) is 0. The molecule has 2 aliphatic rings. The Balaban J connectivity index is 1.60. The van der Waals surface area contributed by atoms with E-state index in [1.165, 1.54) is 19.4 Å². The molecule has 0 spiro atoms. The largest absolute Gasteiger partial charge is 0.339 e. The number of aromatic nitrogens is 2. The first-order valence-electron chi connectivity index (χ1n) is 8.34. The molecule has 3 N–H and O–H groups in total. The summed E-state index contributed by atoms with van der Waals surface area (Å²) < 4.78 is 27.9. The molecule has 7 nitrogen and oxygen atoms in total. The van der Waals surface area contributed by atoms with E-state index in [-0.39, 0.29) is 17.1 Å². The molecule has 0 bridgehead atoms. The standard InChI is InChI=1S/C18H17F2N5O2/c1-27-24-12-6-4-11(5-7-12)22-18(26)13-9-21-25-15(16(19)20)8-14(10-2-3-10)23-17(13)25/h4-9,16,23-24H,2-3H2,1H3,(H,22,26). The molecule has 1 aromatic heterocycles. The highest BCUT2D eigenvalue weighted by Crippen LogP contribution is 2.38. The number of alkyl halides is 2. The number of halogens is 2. The van der Waals surface area contributed by atoms with Crippen LogP contribution in [0.15, 0.2) is 47.8 Å². The zero-order valence-electron chi connectivity index (χ0n) is 14.4. The average molecular weight is 373 g/mol. The van der Waals surface area contributed by atoms with E-state index in [1.54, 1.807) is 24.3 Å². The lowest BCUT2D eigenvalue weighted by molar-refractivity contribution is 0.102. The normalized spacial score (nSPS) is 15.2. The monoisotopic (exact) mass is 373 g/mol. The minimum atomic E-state index is -2.70. The number of allylic oxidation sites excluding steroid dienone is 3. The van der Waals surface area contributed by atoms with Gasteiger partial charge in [-0.3, -0.25) is 15.1 Å². The van der Waals surface area contributed by atoms with Gasteiger partial charge in [-0.15, -0.1) is 0 Å². The number of anilines is 3. The lowest BCUT2D eigenvalue weighted by Gasteiger charge is -2.20. The summed E-state index contributed by atoms with van der Waals surface area (Å²) in [6.07, 6.45) is 1.72. The van der Waals surface area contributed by atoms with Crippen molar-refractivity contribution in [3.63, 3.8) is 0 Å². The van der Waals surface area contributed by atoms with Gasteiger partial charge in [-0.05, 0) is 48.8 Å².